The van der Waals surface area contributed by atoms with Crippen LogP contribution < -0.4 is 9.47 Å². The molecule has 0 spiro atoms. The van der Waals surface area contributed by atoms with E-state index < -0.39 is 12.1 Å². The summed E-state index contributed by atoms with van der Waals surface area (Å²) < 4.78 is 16.4. The van der Waals surface area contributed by atoms with Gasteiger partial charge in [0.1, 0.15) is 11.5 Å². The first-order valence-electron chi connectivity index (χ1n) is 12.7. The summed E-state index contributed by atoms with van der Waals surface area (Å²) in [6.45, 7) is 6.50. The third kappa shape index (κ3) is 10.3. The molecule has 0 bridgehead atoms. The van der Waals surface area contributed by atoms with Crippen LogP contribution >= 0.6 is 0 Å². The Labute approximate surface area is 209 Å². The van der Waals surface area contributed by atoms with Crippen molar-refractivity contribution in [2.24, 2.45) is 0 Å². The first-order chi connectivity index (χ1) is 16.9. The van der Waals surface area contributed by atoms with Crippen molar-refractivity contribution in [3.63, 3.8) is 0 Å². The van der Waals surface area contributed by atoms with E-state index in [9.17, 15) is 14.4 Å². The molecule has 2 rings (SSSR count). The van der Waals surface area contributed by atoms with Crippen LogP contribution in [-0.4, -0.2) is 30.4 Å². The average molecular weight is 483 g/mol. The fourth-order valence-electron chi connectivity index (χ4n) is 3.50. The molecule has 0 fully saturated rings. The van der Waals surface area contributed by atoms with Gasteiger partial charge in [-0.15, -0.1) is 0 Å². The first-order valence-corrected chi connectivity index (χ1v) is 12.7. The van der Waals surface area contributed by atoms with Crippen LogP contribution in [0.3, 0.4) is 0 Å². The number of Topliss-reactive ketones (excluding diaryl/α,β-unsaturated/α-hetero) is 1. The lowest BCUT2D eigenvalue weighted by molar-refractivity contribution is -0.146. The maximum absolute atomic E-state index is 12.6. The van der Waals surface area contributed by atoms with Crippen LogP contribution in [0.25, 0.3) is 0 Å². The quantitative estimate of drug-likeness (QED) is 0.111. The summed E-state index contributed by atoms with van der Waals surface area (Å²) in [6.07, 6.45) is 7.91. The number of ether oxygens (including phenoxy) is 3. The summed E-state index contributed by atoms with van der Waals surface area (Å²) in [5.74, 6) is -0.112. The molecule has 2 aromatic carbocycles. The van der Waals surface area contributed by atoms with E-state index in [1.165, 1.54) is 12.8 Å². The molecular formula is C29H38O6. The Morgan fingerprint density at radius 3 is 1.91 bits per heavy atom. The molecule has 0 heterocycles. The van der Waals surface area contributed by atoms with E-state index in [-0.39, 0.29) is 11.8 Å². The molecule has 0 amide bonds. The molecular weight excluding hydrogens is 444 g/mol. The van der Waals surface area contributed by atoms with E-state index in [1.54, 1.807) is 55.5 Å². The fraction of sp³-hybridized carbons (Fsp3) is 0.483. The monoisotopic (exact) mass is 482 g/mol. The van der Waals surface area contributed by atoms with Crippen molar-refractivity contribution >= 4 is 17.7 Å². The number of carbonyl (C=O) groups is 3. The summed E-state index contributed by atoms with van der Waals surface area (Å²) >= 11 is 0. The van der Waals surface area contributed by atoms with Gasteiger partial charge in [0, 0.05) is 12.0 Å². The Kier molecular flexibility index (Phi) is 12.6. The van der Waals surface area contributed by atoms with E-state index in [1.807, 2.05) is 0 Å². The SMILES string of the molecule is CCCCCCOc1ccc(C(=O)Oc2ccc(C(=O)C(C)OC(=O)CCCCCC)cc2)cc1. The highest BCUT2D eigenvalue weighted by atomic mass is 16.5. The molecule has 0 aliphatic heterocycles. The largest absolute Gasteiger partial charge is 0.494 e. The number of carbonyl (C=O) groups excluding carboxylic acids is 3. The van der Waals surface area contributed by atoms with Crippen LogP contribution in [-0.2, 0) is 9.53 Å². The summed E-state index contributed by atoms with van der Waals surface area (Å²) in [7, 11) is 0. The molecule has 2 aromatic rings. The lowest BCUT2D eigenvalue weighted by atomic mass is 10.1. The second-order valence-corrected chi connectivity index (χ2v) is 8.65. The number of hydrogen-bond acceptors (Lipinski definition) is 6. The lowest BCUT2D eigenvalue weighted by Gasteiger charge is -2.13. The average Bonchev–Trinajstić information content (AvgIpc) is 2.87. The van der Waals surface area contributed by atoms with Crippen molar-refractivity contribution < 1.29 is 28.6 Å². The summed E-state index contributed by atoms with van der Waals surface area (Å²) in [6, 6.07) is 13.1. The Bertz CT molecular complexity index is 917. The van der Waals surface area contributed by atoms with Crippen LogP contribution in [0.5, 0.6) is 11.5 Å². The maximum Gasteiger partial charge on any atom is 0.343 e. The molecule has 1 unspecified atom stereocenters. The number of unbranched alkanes of at least 4 members (excludes halogenated alkanes) is 6. The highest BCUT2D eigenvalue weighted by molar-refractivity contribution is 6.00. The minimum absolute atomic E-state index is 0.296. The van der Waals surface area contributed by atoms with Gasteiger partial charge in [-0.1, -0.05) is 52.4 Å². The summed E-state index contributed by atoms with van der Waals surface area (Å²) in [5, 5.41) is 0. The van der Waals surface area contributed by atoms with Crippen LogP contribution in [0, 0.1) is 0 Å². The predicted molar refractivity (Wildman–Crippen MR) is 136 cm³/mol. The van der Waals surface area contributed by atoms with Crippen molar-refractivity contribution in [1.82, 2.24) is 0 Å². The molecule has 35 heavy (non-hydrogen) atoms. The Morgan fingerprint density at radius 2 is 1.29 bits per heavy atom. The van der Waals surface area contributed by atoms with Gasteiger partial charge in [-0.3, -0.25) is 9.59 Å². The van der Waals surface area contributed by atoms with Crippen LogP contribution in [0.2, 0.25) is 0 Å². The highest BCUT2D eigenvalue weighted by Crippen LogP contribution is 2.18. The molecule has 190 valence electrons. The zero-order valence-corrected chi connectivity index (χ0v) is 21.2. The van der Waals surface area contributed by atoms with E-state index in [2.05, 4.69) is 13.8 Å². The highest BCUT2D eigenvalue weighted by Gasteiger charge is 2.19. The van der Waals surface area contributed by atoms with Crippen molar-refractivity contribution in [2.75, 3.05) is 6.61 Å². The van der Waals surface area contributed by atoms with Crippen molar-refractivity contribution in [3.05, 3.63) is 59.7 Å². The molecule has 0 radical (unpaired) electrons. The van der Waals surface area contributed by atoms with Gasteiger partial charge in [0.25, 0.3) is 0 Å². The van der Waals surface area contributed by atoms with Gasteiger partial charge in [-0.25, -0.2) is 4.79 Å². The Hall–Kier alpha value is -3.15. The van der Waals surface area contributed by atoms with E-state index in [0.29, 0.717) is 29.9 Å². The third-order valence-corrected chi connectivity index (χ3v) is 5.62. The fourth-order valence-corrected chi connectivity index (χ4v) is 3.50. The molecule has 0 N–H and O–H groups in total. The minimum atomic E-state index is -0.866. The van der Waals surface area contributed by atoms with E-state index in [4.69, 9.17) is 14.2 Å². The molecule has 0 saturated heterocycles. The smallest absolute Gasteiger partial charge is 0.343 e. The molecule has 0 aromatic heterocycles. The van der Waals surface area contributed by atoms with E-state index in [0.717, 1.165) is 44.3 Å². The molecule has 0 aliphatic carbocycles. The second-order valence-electron chi connectivity index (χ2n) is 8.65. The molecule has 6 nitrogen and oxygen atoms in total. The van der Waals surface area contributed by atoms with Gasteiger partial charge in [-0.2, -0.15) is 0 Å². The van der Waals surface area contributed by atoms with Crippen LogP contribution in [0.1, 0.15) is 99.3 Å². The predicted octanol–water partition coefficient (Wildman–Crippen LogP) is 6.95. The van der Waals surface area contributed by atoms with Gasteiger partial charge < -0.3 is 14.2 Å². The number of benzene rings is 2. The van der Waals surface area contributed by atoms with E-state index >= 15 is 0 Å². The van der Waals surface area contributed by atoms with Crippen molar-refractivity contribution in [3.8, 4) is 11.5 Å². The number of rotatable bonds is 16. The van der Waals surface area contributed by atoms with Gasteiger partial charge in [-0.05, 0) is 68.3 Å². The normalized spacial score (nSPS) is 11.5. The molecule has 0 saturated carbocycles. The first kappa shape index (κ1) is 28.1. The van der Waals surface area contributed by atoms with Gasteiger partial charge in [0.05, 0.1) is 12.2 Å². The zero-order chi connectivity index (χ0) is 25.5. The molecule has 1 atom stereocenters. The number of ketones is 1. The van der Waals surface area contributed by atoms with Crippen LogP contribution in [0.15, 0.2) is 48.5 Å². The Morgan fingerprint density at radius 1 is 0.714 bits per heavy atom. The maximum atomic E-state index is 12.6. The zero-order valence-electron chi connectivity index (χ0n) is 21.2. The second kappa shape index (κ2) is 15.7. The van der Waals surface area contributed by atoms with Gasteiger partial charge in [0.2, 0.25) is 5.78 Å². The molecule has 0 aliphatic rings. The Balaban J connectivity index is 1.81. The summed E-state index contributed by atoms with van der Waals surface area (Å²) in [5.41, 5.74) is 0.791. The van der Waals surface area contributed by atoms with Crippen molar-refractivity contribution in [2.45, 2.75) is 84.7 Å². The minimum Gasteiger partial charge on any atom is -0.494 e. The lowest BCUT2D eigenvalue weighted by Crippen LogP contribution is -2.24. The topological polar surface area (TPSA) is 78.9 Å². The van der Waals surface area contributed by atoms with Gasteiger partial charge in [0.15, 0.2) is 6.10 Å². The standard InChI is InChI=1S/C29H38O6/c1-4-6-8-10-12-27(30)34-22(3)28(31)23-13-19-26(20-14-23)35-29(32)24-15-17-25(18-16-24)33-21-11-9-7-5-2/h13-20,22H,4-12,21H2,1-3H3. The van der Waals surface area contributed by atoms with Crippen LogP contribution in [0.4, 0.5) is 0 Å². The number of esters is 2. The molecule has 6 heteroatoms. The van der Waals surface area contributed by atoms with Crippen molar-refractivity contribution in [1.29, 1.82) is 0 Å². The van der Waals surface area contributed by atoms with Gasteiger partial charge >= 0.3 is 11.9 Å². The summed E-state index contributed by atoms with van der Waals surface area (Å²) in [4.78, 5) is 37.0. The number of hydrogen-bond donors (Lipinski definition) is 0. The third-order valence-electron chi connectivity index (χ3n) is 5.62.